The Bertz CT molecular complexity index is 1090. The van der Waals surface area contributed by atoms with Crippen LogP contribution in [0.15, 0.2) is 48.5 Å². The first-order chi connectivity index (χ1) is 17.1. The van der Waals surface area contributed by atoms with E-state index in [9.17, 15) is 18.0 Å². The normalized spacial score (nSPS) is 12.0. The van der Waals surface area contributed by atoms with E-state index >= 15 is 0 Å². The third-order valence-corrected chi connectivity index (χ3v) is 7.04. The quantitative estimate of drug-likeness (QED) is 0.389. The van der Waals surface area contributed by atoms with Gasteiger partial charge in [0.15, 0.2) is 0 Å². The van der Waals surface area contributed by atoms with E-state index in [1.165, 1.54) is 4.31 Å². The molecule has 0 spiro atoms. The number of amides is 2. The van der Waals surface area contributed by atoms with Crippen molar-refractivity contribution in [2.75, 3.05) is 30.3 Å². The largest absolute Gasteiger partial charge is 0.494 e. The van der Waals surface area contributed by atoms with Gasteiger partial charge in [-0.15, -0.1) is 0 Å². The molecule has 0 unspecified atom stereocenters. The van der Waals surface area contributed by atoms with Gasteiger partial charge in [-0.1, -0.05) is 30.7 Å². The van der Waals surface area contributed by atoms with Gasteiger partial charge >= 0.3 is 0 Å². The van der Waals surface area contributed by atoms with Gasteiger partial charge in [-0.05, 0) is 68.7 Å². The molecule has 0 aliphatic heterocycles. The molecule has 2 aromatic carbocycles. The number of ether oxygens (including phenoxy) is 1. The molecule has 0 radical (unpaired) electrons. The molecule has 0 saturated heterocycles. The van der Waals surface area contributed by atoms with Crippen LogP contribution in [0.4, 0.5) is 5.69 Å². The zero-order valence-corrected chi connectivity index (χ0v) is 22.9. The van der Waals surface area contributed by atoms with Crippen molar-refractivity contribution in [1.29, 1.82) is 0 Å². The van der Waals surface area contributed by atoms with Crippen molar-refractivity contribution in [3.05, 3.63) is 59.1 Å². The van der Waals surface area contributed by atoms with Crippen molar-refractivity contribution in [3.63, 3.8) is 0 Å². The van der Waals surface area contributed by atoms with Gasteiger partial charge < -0.3 is 15.0 Å². The van der Waals surface area contributed by atoms with Crippen molar-refractivity contribution >= 4 is 39.1 Å². The van der Waals surface area contributed by atoms with Gasteiger partial charge in [-0.3, -0.25) is 13.9 Å². The number of likely N-dealkylation sites (N-methyl/N-ethyl adjacent to an activating group) is 1. The van der Waals surface area contributed by atoms with Gasteiger partial charge in [-0.25, -0.2) is 8.42 Å². The first-order valence-electron chi connectivity index (χ1n) is 12.1. The molecule has 10 heteroatoms. The predicted molar refractivity (Wildman–Crippen MR) is 144 cm³/mol. The van der Waals surface area contributed by atoms with Crippen LogP contribution in [0.5, 0.6) is 5.75 Å². The smallest absolute Gasteiger partial charge is 0.242 e. The van der Waals surface area contributed by atoms with Crippen LogP contribution < -0.4 is 14.4 Å². The lowest BCUT2D eigenvalue weighted by Gasteiger charge is -2.31. The molecule has 0 aliphatic rings. The van der Waals surface area contributed by atoms with E-state index < -0.39 is 16.1 Å². The lowest BCUT2D eigenvalue weighted by molar-refractivity contribution is -0.141. The minimum Gasteiger partial charge on any atom is -0.494 e. The summed E-state index contributed by atoms with van der Waals surface area (Å²) in [5.74, 6) is 0.219. The second kappa shape index (κ2) is 14.1. The maximum absolute atomic E-state index is 13.3. The lowest BCUT2D eigenvalue weighted by Crippen LogP contribution is -2.49. The van der Waals surface area contributed by atoms with Crippen molar-refractivity contribution in [2.45, 2.75) is 52.6 Å². The summed E-state index contributed by atoms with van der Waals surface area (Å²) in [7, 11) is -3.56. The number of hydrogen-bond acceptors (Lipinski definition) is 5. The van der Waals surface area contributed by atoms with Gasteiger partial charge in [0.1, 0.15) is 11.8 Å². The van der Waals surface area contributed by atoms with E-state index in [2.05, 4.69) is 5.32 Å². The number of rotatable bonds is 14. The first kappa shape index (κ1) is 29.5. The zero-order chi connectivity index (χ0) is 26.7. The topological polar surface area (TPSA) is 96.0 Å². The standard InChI is InChI=1S/C26H36ClN3O5S/c1-5-24(26(32)28-6-2)29(19-20-10-12-21(27)13-11-20)25(31)9-8-18-30(36(4,33)34)22-14-16-23(17-15-22)35-7-3/h10-17,24H,5-9,18-19H2,1-4H3,(H,28,32)/t24-/m1/s1. The van der Waals surface area contributed by atoms with Crippen molar-refractivity contribution < 1.29 is 22.7 Å². The van der Waals surface area contributed by atoms with Crippen molar-refractivity contribution in [1.82, 2.24) is 10.2 Å². The van der Waals surface area contributed by atoms with Crippen LogP contribution in [0.1, 0.15) is 45.6 Å². The number of carbonyl (C=O) groups is 2. The zero-order valence-electron chi connectivity index (χ0n) is 21.4. The molecular formula is C26H36ClN3O5S. The number of halogens is 1. The Morgan fingerprint density at radius 1 is 1.03 bits per heavy atom. The average Bonchev–Trinajstić information content (AvgIpc) is 2.83. The van der Waals surface area contributed by atoms with E-state index in [0.29, 0.717) is 42.5 Å². The van der Waals surface area contributed by atoms with E-state index in [4.69, 9.17) is 16.3 Å². The highest BCUT2D eigenvalue weighted by Crippen LogP contribution is 2.23. The van der Waals surface area contributed by atoms with Crippen LogP contribution in [-0.4, -0.2) is 57.1 Å². The Morgan fingerprint density at radius 3 is 2.19 bits per heavy atom. The maximum Gasteiger partial charge on any atom is 0.242 e. The number of nitrogens with one attached hydrogen (secondary N) is 1. The highest BCUT2D eigenvalue weighted by Gasteiger charge is 2.28. The van der Waals surface area contributed by atoms with E-state index in [1.807, 2.05) is 32.9 Å². The highest BCUT2D eigenvalue weighted by atomic mass is 35.5. The summed E-state index contributed by atoms with van der Waals surface area (Å²) in [6.07, 6.45) is 1.97. The molecule has 2 rings (SSSR count). The van der Waals surface area contributed by atoms with E-state index in [0.717, 1.165) is 11.8 Å². The number of carbonyl (C=O) groups excluding carboxylic acids is 2. The van der Waals surface area contributed by atoms with Crippen LogP contribution in [0.25, 0.3) is 0 Å². The first-order valence-corrected chi connectivity index (χ1v) is 14.3. The molecule has 8 nitrogen and oxygen atoms in total. The summed E-state index contributed by atoms with van der Waals surface area (Å²) in [6, 6.07) is 13.3. The van der Waals surface area contributed by atoms with Gasteiger partial charge in [0.25, 0.3) is 0 Å². The number of nitrogens with zero attached hydrogens (tertiary/aromatic N) is 2. The molecule has 0 bridgehead atoms. The van der Waals surface area contributed by atoms with Crippen LogP contribution in [0.2, 0.25) is 5.02 Å². The van der Waals surface area contributed by atoms with Crippen molar-refractivity contribution in [3.8, 4) is 5.75 Å². The molecule has 0 aromatic heterocycles. The third kappa shape index (κ3) is 8.71. The second-order valence-corrected chi connectivity index (χ2v) is 10.7. The number of benzene rings is 2. The fraction of sp³-hybridized carbons (Fsp3) is 0.462. The van der Waals surface area contributed by atoms with Crippen molar-refractivity contribution in [2.24, 2.45) is 0 Å². The molecule has 0 aliphatic carbocycles. The Balaban J connectivity index is 2.17. The van der Waals surface area contributed by atoms with Gasteiger partial charge in [0.05, 0.1) is 18.6 Å². The maximum atomic E-state index is 13.3. The van der Waals surface area contributed by atoms with E-state index in [-0.39, 0.29) is 31.3 Å². The summed E-state index contributed by atoms with van der Waals surface area (Å²) >= 11 is 6.00. The molecule has 0 heterocycles. The SMILES string of the molecule is CCNC(=O)[C@@H](CC)N(Cc1ccc(Cl)cc1)C(=O)CCCN(c1ccc(OCC)cc1)S(C)(=O)=O. The van der Waals surface area contributed by atoms with Crippen LogP contribution in [0, 0.1) is 0 Å². The molecule has 1 N–H and O–H groups in total. The minimum atomic E-state index is -3.56. The second-order valence-electron chi connectivity index (χ2n) is 8.33. The minimum absolute atomic E-state index is 0.0898. The molecule has 1 atom stereocenters. The Hall–Kier alpha value is -2.78. The Morgan fingerprint density at radius 2 is 1.67 bits per heavy atom. The summed E-state index contributed by atoms with van der Waals surface area (Å²) in [5, 5.41) is 3.39. The third-order valence-electron chi connectivity index (χ3n) is 5.59. The summed E-state index contributed by atoms with van der Waals surface area (Å²) < 4.78 is 31.7. The number of sulfonamides is 1. The number of hydrogen-bond donors (Lipinski definition) is 1. The fourth-order valence-corrected chi connectivity index (χ4v) is 4.97. The van der Waals surface area contributed by atoms with Gasteiger partial charge in [0, 0.05) is 31.1 Å². The van der Waals surface area contributed by atoms with Gasteiger partial charge in [0.2, 0.25) is 21.8 Å². The molecule has 2 amide bonds. The molecule has 36 heavy (non-hydrogen) atoms. The van der Waals surface area contributed by atoms with Gasteiger partial charge in [-0.2, -0.15) is 0 Å². The summed E-state index contributed by atoms with van der Waals surface area (Å²) in [4.78, 5) is 27.6. The summed E-state index contributed by atoms with van der Waals surface area (Å²) in [5.41, 5.74) is 1.35. The molecule has 0 fully saturated rings. The molecular weight excluding hydrogens is 502 g/mol. The molecule has 198 valence electrons. The molecule has 0 saturated carbocycles. The van der Waals surface area contributed by atoms with E-state index in [1.54, 1.807) is 41.3 Å². The summed E-state index contributed by atoms with van der Waals surface area (Å²) in [6.45, 7) is 6.92. The Kier molecular flexibility index (Phi) is 11.5. The average molecular weight is 538 g/mol. The van der Waals surface area contributed by atoms with Crippen LogP contribution in [0.3, 0.4) is 0 Å². The van der Waals surface area contributed by atoms with Crippen LogP contribution in [-0.2, 0) is 26.2 Å². The number of anilines is 1. The monoisotopic (exact) mass is 537 g/mol. The lowest BCUT2D eigenvalue weighted by atomic mass is 10.1. The predicted octanol–water partition coefficient (Wildman–Crippen LogP) is 4.23. The Labute approximate surface area is 219 Å². The van der Waals surface area contributed by atoms with Crippen LogP contribution >= 0.6 is 11.6 Å². The highest BCUT2D eigenvalue weighted by molar-refractivity contribution is 7.92. The fourth-order valence-electron chi connectivity index (χ4n) is 3.88. The molecule has 2 aromatic rings.